The fourth-order valence-electron chi connectivity index (χ4n) is 4.50. The van der Waals surface area contributed by atoms with E-state index >= 15 is 0 Å². The summed E-state index contributed by atoms with van der Waals surface area (Å²) in [6.45, 7) is 25.9. The monoisotopic (exact) mass is 414 g/mol. The van der Waals surface area contributed by atoms with Gasteiger partial charge in [0.2, 0.25) is 0 Å². The van der Waals surface area contributed by atoms with Crippen molar-refractivity contribution in [2.75, 3.05) is 12.3 Å². The third kappa shape index (κ3) is 20.5. The van der Waals surface area contributed by atoms with Gasteiger partial charge in [-0.3, -0.25) is 0 Å². The van der Waals surface area contributed by atoms with Crippen LogP contribution < -0.4 is 0 Å². The molecular formula is C25H51O2P. The van der Waals surface area contributed by atoms with Gasteiger partial charge >= 0.3 is 0 Å². The maximum Gasteiger partial charge on any atom is 0.130 e. The molecule has 2 nitrogen and oxygen atoms in total. The average Bonchev–Trinajstić information content (AvgIpc) is 2.30. The standard InChI is InChI=1S/C15H31OP.C10H20O/c1-12(2)8-14(4,5)10-17-11-15(6,7)9-13(3)16;1-8(2)6-10(4,5)7-9(3)11/h12,17H,8-11H2,1-7H3;8H,6-7H2,1-5H3. The normalized spacial score (nSPS) is 13.2. The van der Waals surface area contributed by atoms with Gasteiger partial charge in [0.15, 0.2) is 0 Å². The highest BCUT2D eigenvalue weighted by atomic mass is 31.1. The number of carbonyl (C=O) groups excluding carboxylic acids is 2. The van der Waals surface area contributed by atoms with E-state index in [0.717, 1.165) is 27.3 Å². The Balaban J connectivity index is 0. The molecule has 0 fully saturated rings. The Labute approximate surface area is 179 Å². The van der Waals surface area contributed by atoms with Crippen molar-refractivity contribution < 1.29 is 9.59 Å². The van der Waals surface area contributed by atoms with Gasteiger partial charge < -0.3 is 9.59 Å². The maximum absolute atomic E-state index is 11.2. The zero-order valence-corrected chi connectivity index (χ0v) is 22.2. The maximum atomic E-state index is 11.2. The highest BCUT2D eigenvalue weighted by Gasteiger charge is 2.23. The minimum Gasteiger partial charge on any atom is -0.300 e. The Morgan fingerprint density at radius 1 is 0.643 bits per heavy atom. The van der Waals surface area contributed by atoms with Gasteiger partial charge in [0.25, 0.3) is 0 Å². The molecule has 0 aliphatic heterocycles. The van der Waals surface area contributed by atoms with E-state index in [2.05, 4.69) is 69.2 Å². The first kappa shape index (κ1) is 30.0. The summed E-state index contributed by atoms with van der Waals surface area (Å²) in [7, 11) is 0.982. The van der Waals surface area contributed by atoms with E-state index in [1.165, 1.54) is 18.7 Å². The molecule has 0 amide bonds. The Morgan fingerprint density at radius 3 is 1.32 bits per heavy atom. The smallest absolute Gasteiger partial charge is 0.130 e. The minimum absolute atomic E-state index is 0.193. The van der Waals surface area contributed by atoms with E-state index in [1.807, 2.05) is 0 Å². The molecule has 28 heavy (non-hydrogen) atoms. The number of Topliss-reactive ketones (excluding diaryl/α,β-unsaturated/α-hetero) is 2. The summed E-state index contributed by atoms with van der Waals surface area (Å²) in [5.41, 5.74) is 0.844. The van der Waals surface area contributed by atoms with Crippen LogP contribution in [0.4, 0.5) is 0 Å². The van der Waals surface area contributed by atoms with Crippen LogP contribution in [0.15, 0.2) is 0 Å². The van der Waals surface area contributed by atoms with Gasteiger partial charge in [-0.15, -0.1) is 8.58 Å². The van der Waals surface area contributed by atoms with Gasteiger partial charge in [-0.05, 0) is 67.1 Å². The van der Waals surface area contributed by atoms with Crippen LogP contribution in [-0.2, 0) is 9.59 Å². The van der Waals surface area contributed by atoms with Crippen molar-refractivity contribution in [3.8, 4) is 0 Å². The molecule has 0 saturated heterocycles. The Bertz CT molecular complexity index is 459. The van der Waals surface area contributed by atoms with Crippen molar-refractivity contribution in [3.63, 3.8) is 0 Å². The van der Waals surface area contributed by atoms with Crippen molar-refractivity contribution in [1.29, 1.82) is 0 Å². The summed E-state index contributed by atoms with van der Waals surface area (Å²) in [5.74, 6) is 2.08. The molecule has 3 heteroatoms. The molecule has 0 aromatic heterocycles. The molecule has 0 spiro atoms. The third-order valence-electron chi connectivity index (χ3n) is 4.58. The van der Waals surface area contributed by atoms with Crippen molar-refractivity contribution in [2.45, 2.75) is 109 Å². The topological polar surface area (TPSA) is 34.1 Å². The molecule has 168 valence electrons. The van der Waals surface area contributed by atoms with Crippen LogP contribution >= 0.6 is 8.58 Å². The summed E-state index contributed by atoms with van der Waals surface area (Å²) < 4.78 is 0. The van der Waals surface area contributed by atoms with Gasteiger partial charge in [-0.2, -0.15) is 0 Å². The highest BCUT2D eigenvalue weighted by Crippen LogP contribution is 2.36. The lowest BCUT2D eigenvalue weighted by Gasteiger charge is -2.29. The van der Waals surface area contributed by atoms with Crippen LogP contribution in [0.3, 0.4) is 0 Å². The lowest BCUT2D eigenvalue weighted by Crippen LogP contribution is -2.21. The number of ketones is 2. The Morgan fingerprint density at radius 2 is 0.964 bits per heavy atom. The van der Waals surface area contributed by atoms with E-state index in [4.69, 9.17) is 0 Å². The SMILES string of the molecule is CC(=O)CC(C)(C)CC(C)C.CC(=O)CC(C)(C)CPCC(C)(C)CC(C)C. The van der Waals surface area contributed by atoms with Crippen molar-refractivity contribution in [2.24, 2.45) is 28.1 Å². The van der Waals surface area contributed by atoms with Crippen LogP contribution in [0.2, 0.25) is 0 Å². The van der Waals surface area contributed by atoms with E-state index in [1.54, 1.807) is 13.8 Å². The summed E-state index contributed by atoms with van der Waals surface area (Å²) in [4.78, 5) is 22.0. The number of hydrogen-bond donors (Lipinski definition) is 0. The van der Waals surface area contributed by atoms with Crippen LogP contribution in [0.25, 0.3) is 0 Å². The second-order valence-corrected chi connectivity index (χ2v) is 13.3. The molecule has 0 bridgehead atoms. The van der Waals surface area contributed by atoms with E-state index < -0.39 is 0 Å². The van der Waals surface area contributed by atoms with Gasteiger partial charge in [0.05, 0.1) is 0 Å². The zero-order chi connectivity index (χ0) is 22.8. The molecule has 0 rings (SSSR count). The Kier molecular flexibility index (Phi) is 14.1. The van der Waals surface area contributed by atoms with Crippen LogP contribution in [0, 0.1) is 28.1 Å². The molecule has 0 N–H and O–H groups in total. The van der Waals surface area contributed by atoms with E-state index in [-0.39, 0.29) is 10.8 Å². The molecule has 0 heterocycles. The molecule has 0 saturated carbocycles. The third-order valence-corrected chi connectivity index (χ3v) is 7.00. The van der Waals surface area contributed by atoms with Crippen LogP contribution in [-0.4, -0.2) is 23.9 Å². The molecule has 0 radical (unpaired) electrons. The fraction of sp³-hybridized carbons (Fsp3) is 0.920. The van der Waals surface area contributed by atoms with E-state index in [9.17, 15) is 9.59 Å². The van der Waals surface area contributed by atoms with Gasteiger partial charge in [0.1, 0.15) is 11.6 Å². The molecule has 1 atom stereocenters. The molecule has 0 aromatic carbocycles. The molecule has 1 unspecified atom stereocenters. The molecule has 0 aliphatic carbocycles. The van der Waals surface area contributed by atoms with Crippen molar-refractivity contribution in [3.05, 3.63) is 0 Å². The van der Waals surface area contributed by atoms with Gasteiger partial charge in [-0.25, -0.2) is 0 Å². The minimum atomic E-state index is 0.193. The predicted octanol–water partition coefficient (Wildman–Crippen LogP) is 7.78. The molecular weight excluding hydrogens is 363 g/mol. The molecule has 0 aliphatic rings. The number of rotatable bonds is 12. The van der Waals surface area contributed by atoms with Crippen LogP contribution in [0.1, 0.15) is 109 Å². The first-order chi connectivity index (χ1) is 12.4. The molecule has 0 aromatic rings. The van der Waals surface area contributed by atoms with Gasteiger partial charge in [-0.1, -0.05) is 69.2 Å². The largest absolute Gasteiger partial charge is 0.300 e. The zero-order valence-electron chi connectivity index (χ0n) is 21.2. The lowest BCUT2D eigenvalue weighted by molar-refractivity contribution is -0.119. The summed E-state index contributed by atoms with van der Waals surface area (Å²) in [5, 5.41) is 0. The van der Waals surface area contributed by atoms with Crippen molar-refractivity contribution in [1.82, 2.24) is 0 Å². The van der Waals surface area contributed by atoms with E-state index in [0.29, 0.717) is 29.3 Å². The van der Waals surface area contributed by atoms with Gasteiger partial charge in [0, 0.05) is 12.8 Å². The Hall–Kier alpha value is -0.230. The fourth-order valence-corrected chi connectivity index (χ4v) is 6.25. The highest BCUT2D eigenvalue weighted by molar-refractivity contribution is 7.38. The summed E-state index contributed by atoms with van der Waals surface area (Å²) >= 11 is 0. The predicted molar refractivity (Wildman–Crippen MR) is 129 cm³/mol. The second kappa shape index (κ2) is 13.1. The first-order valence-corrected chi connectivity index (χ1v) is 12.5. The van der Waals surface area contributed by atoms with Crippen LogP contribution in [0.5, 0.6) is 0 Å². The average molecular weight is 415 g/mol. The quantitative estimate of drug-likeness (QED) is 0.305. The first-order valence-electron chi connectivity index (χ1n) is 11.1. The van der Waals surface area contributed by atoms with Crippen molar-refractivity contribution >= 4 is 20.1 Å². The number of carbonyl (C=O) groups is 2. The lowest BCUT2D eigenvalue weighted by atomic mass is 9.80. The summed E-state index contributed by atoms with van der Waals surface area (Å²) in [6, 6.07) is 0. The number of hydrogen-bond acceptors (Lipinski definition) is 2. The second-order valence-electron chi connectivity index (χ2n) is 12.0. The summed E-state index contributed by atoms with van der Waals surface area (Å²) in [6.07, 6.45) is 6.36.